The second kappa shape index (κ2) is 12.2. The van der Waals surface area contributed by atoms with Crippen LogP contribution in [0.3, 0.4) is 0 Å². The zero-order valence-electron chi connectivity index (χ0n) is 26.5. The summed E-state index contributed by atoms with van der Waals surface area (Å²) in [5, 5.41) is 2.16. The monoisotopic (exact) mass is 627 g/mol. The lowest BCUT2D eigenvalue weighted by Crippen LogP contribution is -2.01. The smallest absolute Gasteiger partial charge is 0.164 e. The molecule has 0 saturated carbocycles. The highest BCUT2D eigenvalue weighted by Crippen LogP contribution is 2.40. The van der Waals surface area contributed by atoms with Gasteiger partial charge in [0.25, 0.3) is 0 Å². The Hall–Kier alpha value is -6.65. The maximum absolute atomic E-state index is 6.26. The second-order valence-corrected chi connectivity index (χ2v) is 12.0. The molecule has 2 heterocycles. The molecule has 0 saturated heterocycles. The fourth-order valence-corrected chi connectivity index (χ4v) is 6.55. The number of benzene rings is 7. The van der Waals surface area contributed by atoms with E-state index in [2.05, 4.69) is 133 Å². The van der Waals surface area contributed by atoms with Gasteiger partial charge in [-0.3, -0.25) is 0 Å². The molecule has 0 unspecified atom stereocenters. The van der Waals surface area contributed by atoms with Gasteiger partial charge in [-0.25, -0.2) is 15.0 Å². The van der Waals surface area contributed by atoms with Crippen molar-refractivity contribution in [3.05, 3.63) is 176 Å². The van der Waals surface area contributed by atoms with E-state index in [0.29, 0.717) is 17.5 Å². The van der Waals surface area contributed by atoms with Crippen molar-refractivity contribution in [2.45, 2.75) is 0 Å². The zero-order valence-corrected chi connectivity index (χ0v) is 26.5. The molecule has 0 aliphatic heterocycles. The fraction of sp³-hybridized carbons (Fsp3) is 0. The molecule has 230 valence electrons. The van der Waals surface area contributed by atoms with E-state index >= 15 is 0 Å². The molecule has 2 aromatic heterocycles. The summed E-state index contributed by atoms with van der Waals surface area (Å²) in [6.07, 6.45) is 0. The summed E-state index contributed by atoms with van der Waals surface area (Å²) < 4.78 is 6.26. The minimum Gasteiger partial charge on any atom is -0.456 e. The van der Waals surface area contributed by atoms with Crippen molar-refractivity contribution in [2.24, 2.45) is 0 Å². The minimum atomic E-state index is 0.611. The van der Waals surface area contributed by atoms with Crippen LogP contribution in [0.5, 0.6) is 0 Å². The van der Waals surface area contributed by atoms with Crippen molar-refractivity contribution >= 4 is 21.9 Å². The SMILES string of the molecule is c1ccc(-c2ccc(-c3nc(-c4ccc(-c5ccccc5)cc4)nc(-c4ccccc4-c4cccc5oc6ccccc6c45)n3)cc2)cc1. The van der Waals surface area contributed by atoms with E-state index in [9.17, 15) is 0 Å². The first kappa shape index (κ1) is 28.6. The number of hydrogen-bond donors (Lipinski definition) is 0. The van der Waals surface area contributed by atoms with Gasteiger partial charge in [-0.2, -0.15) is 0 Å². The average molecular weight is 628 g/mol. The third kappa shape index (κ3) is 5.35. The van der Waals surface area contributed by atoms with Crippen LogP contribution in [0.15, 0.2) is 180 Å². The molecule has 0 radical (unpaired) electrons. The van der Waals surface area contributed by atoms with Gasteiger partial charge in [0.2, 0.25) is 0 Å². The highest BCUT2D eigenvalue weighted by atomic mass is 16.3. The van der Waals surface area contributed by atoms with Gasteiger partial charge in [0, 0.05) is 27.5 Å². The van der Waals surface area contributed by atoms with Gasteiger partial charge < -0.3 is 4.42 Å². The number of fused-ring (bicyclic) bond motifs is 3. The van der Waals surface area contributed by atoms with E-state index in [-0.39, 0.29) is 0 Å². The Balaban J connectivity index is 1.21. The normalized spacial score (nSPS) is 11.3. The summed E-state index contributed by atoms with van der Waals surface area (Å²) in [4.78, 5) is 15.3. The first-order valence-corrected chi connectivity index (χ1v) is 16.4. The van der Waals surface area contributed by atoms with Gasteiger partial charge in [0.05, 0.1) is 0 Å². The quantitative estimate of drug-likeness (QED) is 0.184. The molecule has 7 aromatic carbocycles. The Morgan fingerprint density at radius 2 is 0.714 bits per heavy atom. The maximum atomic E-state index is 6.26. The minimum absolute atomic E-state index is 0.611. The summed E-state index contributed by atoms with van der Waals surface area (Å²) in [6.45, 7) is 0. The molecule has 0 bridgehead atoms. The van der Waals surface area contributed by atoms with Gasteiger partial charge in [-0.15, -0.1) is 0 Å². The van der Waals surface area contributed by atoms with E-state index in [4.69, 9.17) is 19.4 Å². The average Bonchev–Trinajstić information content (AvgIpc) is 3.58. The van der Waals surface area contributed by atoms with Crippen molar-refractivity contribution < 1.29 is 4.42 Å². The molecule has 0 aliphatic rings. The first-order valence-electron chi connectivity index (χ1n) is 16.4. The van der Waals surface area contributed by atoms with Crippen LogP contribution in [0.25, 0.3) is 89.5 Å². The number of aromatic nitrogens is 3. The van der Waals surface area contributed by atoms with Crippen molar-refractivity contribution in [1.29, 1.82) is 0 Å². The van der Waals surface area contributed by atoms with Crippen LogP contribution in [-0.4, -0.2) is 15.0 Å². The van der Waals surface area contributed by atoms with Gasteiger partial charge in [0.15, 0.2) is 17.5 Å². The van der Waals surface area contributed by atoms with E-state index in [1.165, 1.54) is 11.1 Å². The van der Waals surface area contributed by atoms with Crippen LogP contribution in [0.4, 0.5) is 0 Å². The van der Waals surface area contributed by atoms with Crippen molar-refractivity contribution in [2.75, 3.05) is 0 Å². The Labute approximate surface area is 284 Å². The van der Waals surface area contributed by atoms with Gasteiger partial charge in [-0.1, -0.05) is 164 Å². The zero-order chi connectivity index (χ0) is 32.6. The molecule has 0 amide bonds. The number of furan rings is 1. The number of para-hydroxylation sites is 1. The summed E-state index contributed by atoms with van der Waals surface area (Å²) in [7, 11) is 0. The van der Waals surface area contributed by atoms with Crippen LogP contribution in [-0.2, 0) is 0 Å². The molecule has 4 nitrogen and oxygen atoms in total. The van der Waals surface area contributed by atoms with Crippen LogP contribution >= 0.6 is 0 Å². The van der Waals surface area contributed by atoms with Crippen LogP contribution in [0, 0.1) is 0 Å². The van der Waals surface area contributed by atoms with Crippen molar-refractivity contribution in [3.8, 4) is 67.5 Å². The lowest BCUT2D eigenvalue weighted by molar-refractivity contribution is 0.669. The van der Waals surface area contributed by atoms with E-state index in [1.807, 2.05) is 42.5 Å². The highest BCUT2D eigenvalue weighted by molar-refractivity contribution is 6.13. The summed E-state index contributed by atoms with van der Waals surface area (Å²) in [5.74, 6) is 1.85. The Bertz CT molecular complexity index is 2470. The maximum Gasteiger partial charge on any atom is 0.164 e. The predicted octanol–water partition coefficient (Wildman–Crippen LogP) is 11.8. The topological polar surface area (TPSA) is 51.8 Å². The lowest BCUT2D eigenvalue weighted by Gasteiger charge is -2.13. The highest BCUT2D eigenvalue weighted by Gasteiger charge is 2.19. The predicted molar refractivity (Wildman–Crippen MR) is 200 cm³/mol. The molecular weight excluding hydrogens is 599 g/mol. The van der Waals surface area contributed by atoms with E-state index in [1.54, 1.807) is 0 Å². The molecule has 0 N–H and O–H groups in total. The molecule has 0 aliphatic carbocycles. The molecule has 0 fully saturated rings. The summed E-state index contributed by atoms with van der Waals surface area (Å²) in [5.41, 5.74) is 11.2. The molecular formula is C45H29N3O. The number of nitrogens with zero attached hydrogens (tertiary/aromatic N) is 3. The molecule has 49 heavy (non-hydrogen) atoms. The third-order valence-corrected chi connectivity index (χ3v) is 9.00. The largest absolute Gasteiger partial charge is 0.456 e. The molecule has 4 heteroatoms. The van der Waals surface area contributed by atoms with Crippen molar-refractivity contribution in [1.82, 2.24) is 15.0 Å². The molecule has 9 aromatic rings. The van der Waals surface area contributed by atoms with Gasteiger partial charge in [-0.05, 0) is 45.5 Å². The van der Waals surface area contributed by atoms with Gasteiger partial charge >= 0.3 is 0 Å². The standard InChI is InChI=1S/C45H29N3O/c1-3-12-30(13-4-1)32-22-26-34(27-23-32)43-46-44(35-28-24-33(25-29-35)31-14-5-2-6-15-31)48-45(47-43)38-17-8-7-16-36(38)37-19-11-21-41-42(37)39-18-9-10-20-40(39)49-41/h1-29H. The fourth-order valence-electron chi connectivity index (χ4n) is 6.55. The van der Waals surface area contributed by atoms with Crippen molar-refractivity contribution in [3.63, 3.8) is 0 Å². The molecule has 0 spiro atoms. The Kier molecular flexibility index (Phi) is 7.10. The van der Waals surface area contributed by atoms with E-state index in [0.717, 1.165) is 60.9 Å². The number of rotatable bonds is 6. The number of hydrogen-bond acceptors (Lipinski definition) is 4. The Morgan fingerprint density at radius 1 is 0.286 bits per heavy atom. The molecule has 0 atom stereocenters. The Morgan fingerprint density at radius 3 is 1.33 bits per heavy atom. The van der Waals surface area contributed by atoms with Crippen LogP contribution in [0.1, 0.15) is 0 Å². The van der Waals surface area contributed by atoms with Crippen LogP contribution < -0.4 is 0 Å². The van der Waals surface area contributed by atoms with Gasteiger partial charge in [0.1, 0.15) is 11.2 Å². The lowest BCUT2D eigenvalue weighted by atomic mass is 9.95. The van der Waals surface area contributed by atoms with E-state index < -0.39 is 0 Å². The third-order valence-electron chi connectivity index (χ3n) is 9.00. The van der Waals surface area contributed by atoms with Crippen LogP contribution in [0.2, 0.25) is 0 Å². The second-order valence-electron chi connectivity index (χ2n) is 12.0. The summed E-state index contributed by atoms with van der Waals surface area (Å²) >= 11 is 0. The molecule has 9 rings (SSSR count). The summed E-state index contributed by atoms with van der Waals surface area (Å²) in [6, 6.07) is 60.4. The first-order chi connectivity index (χ1) is 24.3.